The molecule has 1 aromatic heterocycles. The van der Waals surface area contributed by atoms with Crippen LogP contribution in [0.5, 0.6) is 0 Å². The zero-order chi connectivity index (χ0) is 14.0. The Morgan fingerprint density at radius 2 is 2.00 bits per heavy atom. The van der Waals surface area contributed by atoms with Crippen LogP contribution in [0.3, 0.4) is 0 Å². The summed E-state index contributed by atoms with van der Waals surface area (Å²) in [5.41, 5.74) is -0.120. The summed E-state index contributed by atoms with van der Waals surface area (Å²) in [6.07, 6.45) is 1.30. The minimum absolute atomic E-state index is 0.195. The highest BCUT2D eigenvalue weighted by molar-refractivity contribution is 6.29. The van der Waals surface area contributed by atoms with E-state index in [-0.39, 0.29) is 10.7 Å². The molecule has 3 nitrogen and oxygen atoms in total. The minimum atomic E-state index is -0.914. The van der Waals surface area contributed by atoms with Gasteiger partial charge in [0.05, 0.1) is 11.9 Å². The van der Waals surface area contributed by atoms with E-state index in [4.69, 9.17) is 11.6 Å². The number of rotatable bonds is 2. The number of nitrogens with zero attached hydrogens (tertiary/aromatic N) is 1. The first-order valence-electron chi connectivity index (χ1n) is 5.36. The van der Waals surface area contributed by atoms with Crippen LogP contribution in [-0.2, 0) is 0 Å². The summed E-state index contributed by atoms with van der Waals surface area (Å²) in [6.45, 7) is 1.45. The lowest BCUT2D eigenvalue weighted by atomic mass is 10.1. The van der Waals surface area contributed by atoms with Crippen LogP contribution in [0, 0.1) is 18.6 Å². The summed E-state index contributed by atoms with van der Waals surface area (Å²) in [5, 5.41) is 2.61. The van der Waals surface area contributed by atoms with Gasteiger partial charge in [-0.05, 0) is 30.7 Å². The maximum atomic E-state index is 13.7. The molecule has 0 aliphatic heterocycles. The van der Waals surface area contributed by atoms with Gasteiger partial charge in [0.1, 0.15) is 22.4 Å². The fraction of sp³-hybridized carbons (Fsp3) is 0.0769. The summed E-state index contributed by atoms with van der Waals surface area (Å²) in [6, 6.07) is 5.26. The number of hydrogen-bond acceptors (Lipinski definition) is 2. The van der Waals surface area contributed by atoms with Crippen LogP contribution >= 0.6 is 11.6 Å². The van der Waals surface area contributed by atoms with Gasteiger partial charge in [-0.25, -0.2) is 13.8 Å². The van der Waals surface area contributed by atoms with Crippen molar-refractivity contribution in [2.45, 2.75) is 6.92 Å². The van der Waals surface area contributed by atoms with E-state index in [1.165, 1.54) is 31.3 Å². The van der Waals surface area contributed by atoms with E-state index in [2.05, 4.69) is 10.3 Å². The van der Waals surface area contributed by atoms with Crippen LogP contribution in [0.15, 0.2) is 30.5 Å². The van der Waals surface area contributed by atoms with E-state index in [0.29, 0.717) is 5.69 Å². The van der Waals surface area contributed by atoms with Crippen LogP contribution in [-0.4, -0.2) is 10.9 Å². The number of nitrogens with one attached hydrogen (secondary N) is 1. The fourth-order valence-corrected chi connectivity index (χ4v) is 1.62. The second-order valence-electron chi connectivity index (χ2n) is 3.88. The van der Waals surface area contributed by atoms with Gasteiger partial charge in [-0.15, -0.1) is 0 Å². The fourth-order valence-electron chi connectivity index (χ4n) is 1.51. The second kappa shape index (κ2) is 5.32. The molecule has 1 amide bonds. The number of carbonyl (C=O) groups excluding carboxylic acids is 1. The number of aromatic nitrogens is 1. The molecule has 0 fully saturated rings. The van der Waals surface area contributed by atoms with Gasteiger partial charge in [-0.2, -0.15) is 0 Å². The van der Waals surface area contributed by atoms with Crippen LogP contribution in [0.2, 0.25) is 5.15 Å². The van der Waals surface area contributed by atoms with Crippen molar-refractivity contribution in [1.29, 1.82) is 0 Å². The Hall–Kier alpha value is -2.01. The van der Waals surface area contributed by atoms with Gasteiger partial charge in [0, 0.05) is 0 Å². The van der Waals surface area contributed by atoms with Crippen LogP contribution < -0.4 is 5.32 Å². The average Bonchev–Trinajstić information content (AvgIpc) is 2.37. The molecular formula is C13H9ClF2N2O. The third kappa shape index (κ3) is 2.88. The molecule has 19 heavy (non-hydrogen) atoms. The van der Waals surface area contributed by atoms with Crippen LogP contribution in [0.25, 0.3) is 0 Å². The van der Waals surface area contributed by atoms with Crippen molar-refractivity contribution in [3.63, 3.8) is 0 Å². The molecule has 1 heterocycles. The number of pyridine rings is 1. The Bertz CT molecular complexity index is 629. The number of carbonyl (C=O) groups is 1. The molecule has 0 radical (unpaired) electrons. The molecule has 2 aromatic rings. The van der Waals surface area contributed by atoms with E-state index in [1.807, 2.05) is 0 Å². The predicted octanol–water partition coefficient (Wildman–Crippen LogP) is 3.57. The molecule has 6 heteroatoms. The molecule has 0 aliphatic carbocycles. The molecule has 1 aromatic carbocycles. The Morgan fingerprint density at radius 3 is 2.63 bits per heavy atom. The first-order chi connectivity index (χ1) is 8.99. The summed E-state index contributed by atoms with van der Waals surface area (Å²) >= 11 is 5.59. The van der Waals surface area contributed by atoms with Gasteiger partial charge in [-0.1, -0.05) is 17.7 Å². The van der Waals surface area contributed by atoms with E-state index in [0.717, 1.165) is 6.07 Å². The summed E-state index contributed by atoms with van der Waals surface area (Å²) in [4.78, 5) is 15.6. The van der Waals surface area contributed by atoms with Crippen LogP contribution in [0.1, 0.15) is 15.9 Å². The molecule has 1 N–H and O–H groups in total. The highest BCUT2D eigenvalue weighted by Crippen LogP contribution is 2.18. The second-order valence-corrected chi connectivity index (χ2v) is 4.26. The van der Waals surface area contributed by atoms with Crippen molar-refractivity contribution in [1.82, 2.24) is 4.98 Å². The van der Waals surface area contributed by atoms with Crippen molar-refractivity contribution in [3.8, 4) is 0 Å². The number of halogens is 3. The molecule has 0 saturated heterocycles. The molecule has 2 rings (SSSR count). The smallest absolute Gasteiger partial charge is 0.261 e. The Morgan fingerprint density at radius 1 is 1.26 bits per heavy atom. The van der Waals surface area contributed by atoms with E-state index in [9.17, 15) is 13.6 Å². The number of aryl methyl sites for hydroxylation is 1. The third-order valence-corrected chi connectivity index (χ3v) is 2.72. The number of amides is 1. The van der Waals surface area contributed by atoms with E-state index >= 15 is 0 Å². The molecule has 98 valence electrons. The quantitative estimate of drug-likeness (QED) is 0.856. The minimum Gasteiger partial charge on any atom is -0.320 e. The lowest BCUT2D eigenvalue weighted by Crippen LogP contribution is -2.16. The SMILES string of the molecule is Cc1ccc(F)c(C(=O)Nc2ccc(Cl)nc2)c1F. The Kier molecular flexibility index (Phi) is 3.76. The maximum absolute atomic E-state index is 13.7. The summed E-state index contributed by atoms with van der Waals surface area (Å²) < 4.78 is 27.3. The largest absolute Gasteiger partial charge is 0.320 e. The highest BCUT2D eigenvalue weighted by Gasteiger charge is 2.19. The lowest BCUT2D eigenvalue weighted by molar-refractivity contribution is 0.101. The van der Waals surface area contributed by atoms with Crippen LogP contribution in [0.4, 0.5) is 14.5 Å². The summed E-state index contributed by atoms with van der Waals surface area (Å²) in [5.74, 6) is -2.66. The lowest BCUT2D eigenvalue weighted by Gasteiger charge is -2.08. The standard InChI is InChI=1S/C13H9ClF2N2O/c1-7-2-4-9(15)11(12(7)16)13(19)18-8-3-5-10(14)17-6-8/h2-6H,1H3,(H,18,19). The first kappa shape index (κ1) is 13.4. The van der Waals surface area contributed by atoms with Crippen molar-refractivity contribution < 1.29 is 13.6 Å². The van der Waals surface area contributed by atoms with Crippen molar-refractivity contribution >= 4 is 23.2 Å². The monoisotopic (exact) mass is 282 g/mol. The predicted molar refractivity (Wildman–Crippen MR) is 68.3 cm³/mol. The maximum Gasteiger partial charge on any atom is 0.261 e. The zero-order valence-electron chi connectivity index (χ0n) is 9.88. The Labute approximate surface area is 113 Å². The zero-order valence-corrected chi connectivity index (χ0v) is 10.6. The topological polar surface area (TPSA) is 42.0 Å². The highest BCUT2D eigenvalue weighted by atomic mass is 35.5. The van der Waals surface area contributed by atoms with Gasteiger partial charge >= 0.3 is 0 Å². The van der Waals surface area contributed by atoms with Gasteiger partial charge in [0.25, 0.3) is 5.91 Å². The molecule has 0 aliphatic rings. The van der Waals surface area contributed by atoms with Crippen molar-refractivity contribution in [2.24, 2.45) is 0 Å². The van der Waals surface area contributed by atoms with Gasteiger partial charge in [0.2, 0.25) is 0 Å². The van der Waals surface area contributed by atoms with Crippen molar-refractivity contribution in [3.05, 3.63) is 58.4 Å². The van der Waals surface area contributed by atoms with Gasteiger partial charge < -0.3 is 5.32 Å². The van der Waals surface area contributed by atoms with Gasteiger partial charge in [0.15, 0.2) is 0 Å². The average molecular weight is 283 g/mol. The molecular weight excluding hydrogens is 274 g/mol. The molecule has 0 unspecified atom stereocenters. The summed E-state index contributed by atoms with van der Waals surface area (Å²) in [7, 11) is 0. The number of anilines is 1. The van der Waals surface area contributed by atoms with E-state index < -0.39 is 23.1 Å². The number of hydrogen-bond donors (Lipinski definition) is 1. The first-order valence-corrected chi connectivity index (χ1v) is 5.74. The Balaban J connectivity index is 2.30. The molecule has 0 saturated carbocycles. The molecule has 0 atom stereocenters. The van der Waals surface area contributed by atoms with E-state index in [1.54, 1.807) is 0 Å². The molecule has 0 spiro atoms. The van der Waals surface area contributed by atoms with Gasteiger partial charge in [-0.3, -0.25) is 4.79 Å². The number of benzene rings is 1. The molecule has 0 bridgehead atoms. The van der Waals surface area contributed by atoms with Crippen molar-refractivity contribution in [2.75, 3.05) is 5.32 Å². The third-order valence-electron chi connectivity index (χ3n) is 2.50. The normalized spacial score (nSPS) is 10.3.